The fourth-order valence-corrected chi connectivity index (χ4v) is 4.64. The molecule has 0 radical (unpaired) electrons. The molecule has 2 aliphatic rings. The Morgan fingerprint density at radius 3 is 2.27 bits per heavy atom. The highest BCUT2D eigenvalue weighted by atomic mass is 35.5. The fraction of sp³-hybridized carbons (Fsp3) is 0.480. The summed E-state index contributed by atoms with van der Waals surface area (Å²) in [6.07, 6.45) is 2.46. The van der Waals surface area contributed by atoms with Gasteiger partial charge in [-0.3, -0.25) is 4.79 Å². The minimum Gasteiger partial charge on any atom is -0.465 e. The Kier molecular flexibility index (Phi) is 11.1. The van der Waals surface area contributed by atoms with E-state index in [-0.39, 0.29) is 37.3 Å². The Morgan fingerprint density at radius 2 is 1.61 bits per heavy atom. The molecule has 0 aliphatic carbocycles. The van der Waals surface area contributed by atoms with Gasteiger partial charge in [-0.1, -0.05) is 18.2 Å². The van der Waals surface area contributed by atoms with E-state index >= 15 is 0 Å². The highest BCUT2D eigenvalue weighted by Crippen LogP contribution is 2.34. The van der Waals surface area contributed by atoms with Crippen LogP contribution >= 0.6 is 24.8 Å². The van der Waals surface area contributed by atoms with Crippen LogP contribution in [0.2, 0.25) is 0 Å². The second kappa shape index (κ2) is 13.5. The van der Waals surface area contributed by atoms with Crippen molar-refractivity contribution < 1.29 is 9.53 Å². The zero-order valence-corrected chi connectivity index (χ0v) is 20.9. The van der Waals surface area contributed by atoms with Gasteiger partial charge < -0.3 is 25.2 Å². The maximum Gasteiger partial charge on any atom is 0.325 e. The molecule has 0 amide bonds. The number of hydrogen-bond acceptors (Lipinski definition) is 6. The first-order valence-corrected chi connectivity index (χ1v) is 11.5. The van der Waals surface area contributed by atoms with Crippen LogP contribution in [0.5, 0.6) is 0 Å². The van der Waals surface area contributed by atoms with Crippen molar-refractivity contribution in [2.75, 3.05) is 67.5 Å². The van der Waals surface area contributed by atoms with Crippen molar-refractivity contribution in [3.8, 4) is 0 Å². The minimum atomic E-state index is -0.229. The minimum absolute atomic E-state index is 0. The average Bonchev–Trinajstić information content (AvgIpc) is 2.84. The highest BCUT2D eigenvalue weighted by Gasteiger charge is 2.23. The van der Waals surface area contributed by atoms with Crippen molar-refractivity contribution in [1.29, 1.82) is 0 Å². The van der Waals surface area contributed by atoms with E-state index in [1.165, 1.54) is 29.8 Å². The molecule has 2 N–H and O–H groups in total. The zero-order valence-electron chi connectivity index (χ0n) is 19.3. The SMILES string of the molecule is CCOC(=O)CNc1ccc(N2CCN(c3ccccc3C3CCNCC3)CC2)cc1.Cl.Cl. The zero-order chi connectivity index (χ0) is 21.5. The summed E-state index contributed by atoms with van der Waals surface area (Å²) in [5, 5.41) is 6.60. The van der Waals surface area contributed by atoms with E-state index in [0.717, 1.165) is 45.0 Å². The van der Waals surface area contributed by atoms with Gasteiger partial charge in [0.2, 0.25) is 0 Å². The van der Waals surface area contributed by atoms with Gasteiger partial charge in [0, 0.05) is 43.2 Å². The van der Waals surface area contributed by atoms with Gasteiger partial charge in [0.05, 0.1) is 6.61 Å². The highest BCUT2D eigenvalue weighted by molar-refractivity contribution is 5.85. The second-order valence-corrected chi connectivity index (χ2v) is 8.26. The lowest BCUT2D eigenvalue weighted by Crippen LogP contribution is -2.47. The first-order chi connectivity index (χ1) is 15.2. The van der Waals surface area contributed by atoms with Gasteiger partial charge >= 0.3 is 5.97 Å². The monoisotopic (exact) mass is 494 g/mol. The Balaban J connectivity index is 0.00000193. The predicted molar refractivity (Wildman–Crippen MR) is 142 cm³/mol. The molecule has 2 heterocycles. The van der Waals surface area contributed by atoms with Gasteiger partial charge in [-0.05, 0) is 74.7 Å². The van der Waals surface area contributed by atoms with Crippen molar-refractivity contribution >= 4 is 47.8 Å². The summed E-state index contributed by atoms with van der Waals surface area (Å²) in [4.78, 5) is 16.5. The lowest BCUT2D eigenvalue weighted by atomic mass is 9.88. The molecule has 2 fully saturated rings. The number of rotatable bonds is 7. The second-order valence-electron chi connectivity index (χ2n) is 8.26. The number of anilines is 3. The molecule has 6 nitrogen and oxygen atoms in total. The van der Waals surface area contributed by atoms with Crippen LogP contribution in [-0.4, -0.2) is 58.4 Å². The predicted octanol–water partition coefficient (Wildman–Crippen LogP) is 4.30. The fourth-order valence-electron chi connectivity index (χ4n) is 4.64. The number of para-hydroxylation sites is 1. The summed E-state index contributed by atoms with van der Waals surface area (Å²) in [6, 6.07) is 17.3. The quantitative estimate of drug-likeness (QED) is 0.559. The van der Waals surface area contributed by atoms with Gasteiger partial charge in [-0.2, -0.15) is 0 Å². The molecular formula is C25H36Cl2N4O2. The van der Waals surface area contributed by atoms with Crippen LogP contribution in [0.25, 0.3) is 0 Å². The molecule has 0 aromatic heterocycles. The molecule has 2 saturated heterocycles. The normalized spacial score (nSPS) is 16.4. The van der Waals surface area contributed by atoms with Crippen LogP contribution in [0, 0.1) is 0 Å². The Bertz CT molecular complexity index is 852. The summed E-state index contributed by atoms with van der Waals surface area (Å²) >= 11 is 0. The summed E-state index contributed by atoms with van der Waals surface area (Å²) in [7, 11) is 0. The number of ether oxygens (including phenoxy) is 1. The smallest absolute Gasteiger partial charge is 0.325 e. The summed E-state index contributed by atoms with van der Waals surface area (Å²) in [6.45, 7) is 8.76. The number of carbonyl (C=O) groups excluding carboxylic acids is 1. The summed E-state index contributed by atoms with van der Waals surface area (Å²) in [5.41, 5.74) is 5.11. The number of esters is 1. The van der Waals surface area contributed by atoms with Crippen LogP contribution in [-0.2, 0) is 9.53 Å². The number of carbonyl (C=O) groups is 1. The van der Waals surface area contributed by atoms with Gasteiger partial charge in [0.15, 0.2) is 0 Å². The molecule has 0 spiro atoms. The third kappa shape index (κ3) is 7.16. The Hall–Kier alpha value is -2.15. The molecule has 8 heteroatoms. The first-order valence-electron chi connectivity index (χ1n) is 11.5. The van der Waals surface area contributed by atoms with Crippen LogP contribution < -0.4 is 20.4 Å². The van der Waals surface area contributed by atoms with Gasteiger partial charge in [0.1, 0.15) is 6.54 Å². The standard InChI is InChI=1S/C25H34N4O2.2ClH/c1-2-31-25(30)19-27-21-7-9-22(10-8-21)28-15-17-29(18-16-28)24-6-4-3-5-23(24)20-11-13-26-14-12-20;;/h3-10,20,26-27H,2,11-19H2,1H3;2*1H. The maximum atomic E-state index is 11.5. The molecular weight excluding hydrogens is 459 g/mol. The van der Waals surface area contributed by atoms with E-state index in [1.54, 1.807) is 0 Å². The number of nitrogens with one attached hydrogen (secondary N) is 2. The van der Waals surface area contributed by atoms with Gasteiger partial charge in [-0.25, -0.2) is 0 Å². The van der Waals surface area contributed by atoms with Crippen LogP contribution in [0.3, 0.4) is 0 Å². The molecule has 182 valence electrons. The van der Waals surface area contributed by atoms with Crippen molar-refractivity contribution in [1.82, 2.24) is 5.32 Å². The van der Waals surface area contributed by atoms with Crippen LogP contribution in [0.1, 0.15) is 31.2 Å². The van der Waals surface area contributed by atoms with Gasteiger partial charge in [0.25, 0.3) is 0 Å². The van der Waals surface area contributed by atoms with Crippen molar-refractivity contribution in [3.63, 3.8) is 0 Å². The van der Waals surface area contributed by atoms with E-state index in [1.807, 2.05) is 19.1 Å². The first kappa shape index (κ1) is 27.1. The number of hydrogen-bond donors (Lipinski definition) is 2. The lowest BCUT2D eigenvalue weighted by Gasteiger charge is -2.39. The lowest BCUT2D eigenvalue weighted by molar-refractivity contribution is -0.140. The van der Waals surface area contributed by atoms with E-state index in [2.05, 4.69) is 56.8 Å². The number of benzene rings is 2. The molecule has 4 rings (SSSR count). The van der Waals surface area contributed by atoms with E-state index in [9.17, 15) is 4.79 Å². The molecule has 2 aromatic rings. The van der Waals surface area contributed by atoms with Gasteiger partial charge in [-0.15, -0.1) is 24.8 Å². The van der Waals surface area contributed by atoms with Crippen molar-refractivity contribution in [2.24, 2.45) is 0 Å². The summed E-state index contributed by atoms with van der Waals surface area (Å²) in [5.74, 6) is 0.442. The third-order valence-electron chi connectivity index (χ3n) is 6.31. The van der Waals surface area contributed by atoms with Crippen LogP contribution in [0.15, 0.2) is 48.5 Å². The summed E-state index contributed by atoms with van der Waals surface area (Å²) < 4.78 is 4.96. The topological polar surface area (TPSA) is 56.8 Å². The molecule has 0 atom stereocenters. The Morgan fingerprint density at radius 1 is 0.970 bits per heavy atom. The van der Waals surface area contributed by atoms with E-state index in [4.69, 9.17) is 4.74 Å². The van der Waals surface area contributed by atoms with Crippen LogP contribution in [0.4, 0.5) is 17.1 Å². The average molecular weight is 495 g/mol. The molecule has 0 bridgehead atoms. The van der Waals surface area contributed by atoms with Crippen molar-refractivity contribution in [2.45, 2.75) is 25.7 Å². The molecule has 33 heavy (non-hydrogen) atoms. The van der Waals surface area contributed by atoms with E-state index in [0.29, 0.717) is 12.5 Å². The molecule has 2 aromatic carbocycles. The maximum absolute atomic E-state index is 11.5. The number of piperidine rings is 1. The molecule has 0 saturated carbocycles. The molecule has 2 aliphatic heterocycles. The largest absolute Gasteiger partial charge is 0.465 e. The number of halogens is 2. The van der Waals surface area contributed by atoms with Crippen molar-refractivity contribution in [3.05, 3.63) is 54.1 Å². The number of nitrogens with zero attached hydrogens (tertiary/aromatic N) is 2. The third-order valence-corrected chi connectivity index (χ3v) is 6.31. The number of piperazine rings is 1. The molecule has 0 unspecified atom stereocenters. The Labute approximate surface area is 209 Å². The van der Waals surface area contributed by atoms with E-state index < -0.39 is 0 Å².